The number of nitrogens with one attached hydrogen (secondary N) is 1. The third-order valence-corrected chi connectivity index (χ3v) is 8.65. The fourth-order valence-electron chi connectivity index (χ4n) is 4.17. The van der Waals surface area contributed by atoms with Crippen LogP contribution >= 0.6 is 11.3 Å². The first-order valence-electron chi connectivity index (χ1n) is 11.1. The molecule has 0 saturated heterocycles. The van der Waals surface area contributed by atoms with Gasteiger partial charge >= 0.3 is 0 Å². The number of rotatable bonds is 7. The Morgan fingerprint density at radius 1 is 1.12 bits per heavy atom. The summed E-state index contributed by atoms with van der Waals surface area (Å²) >= 11 is 1.32. The topological polar surface area (TPSA) is 94.0 Å². The molecule has 174 valence electrons. The normalized spacial score (nSPS) is 13.1. The quantitative estimate of drug-likeness (QED) is 0.410. The molecule has 0 atom stereocenters. The summed E-state index contributed by atoms with van der Waals surface area (Å²) in [5.41, 5.74) is 3.96. The lowest BCUT2D eigenvalue weighted by Gasteiger charge is -2.07. The number of carbonyl (C=O) groups is 1. The smallest absolute Gasteiger partial charge is 0.227 e. The zero-order valence-corrected chi connectivity index (χ0v) is 20.3. The third-order valence-electron chi connectivity index (χ3n) is 5.97. The summed E-state index contributed by atoms with van der Waals surface area (Å²) in [7, 11) is -1.65. The van der Waals surface area contributed by atoms with E-state index in [1.807, 2.05) is 54.2 Å². The fraction of sp³-hybridized carbons (Fsp3) is 0.240. The zero-order valence-electron chi connectivity index (χ0n) is 18.7. The standard InChI is InChI=1S/C25H24N4O3S2/c1-29-14-13-26-24(29)23-22(18-6-3-2-4-7-18)28-25(33-23)27-21(30)12-15-34(31,32)20-11-10-17-8-5-9-19(17)16-20/h2-4,6-7,10-11,13-14,16H,5,8-9,12,15H2,1H3,(H,27,28,30). The van der Waals surface area contributed by atoms with Crippen LogP contribution in [0.2, 0.25) is 0 Å². The summed E-state index contributed by atoms with van der Waals surface area (Å²) in [5, 5.41) is 3.20. The van der Waals surface area contributed by atoms with E-state index in [0.717, 1.165) is 46.8 Å². The molecule has 9 heteroatoms. The van der Waals surface area contributed by atoms with Crippen LogP contribution in [0.3, 0.4) is 0 Å². The van der Waals surface area contributed by atoms with E-state index in [1.165, 1.54) is 16.9 Å². The minimum atomic E-state index is -3.55. The van der Waals surface area contributed by atoms with Crippen LogP contribution in [-0.4, -0.2) is 34.6 Å². The van der Waals surface area contributed by atoms with E-state index in [-0.39, 0.29) is 18.1 Å². The molecule has 0 unspecified atom stereocenters. The van der Waals surface area contributed by atoms with Gasteiger partial charge in [-0.3, -0.25) is 4.79 Å². The second-order valence-electron chi connectivity index (χ2n) is 8.33. The summed E-state index contributed by atoms with van der Waals surface area (Å²) in [6.07, 6.45) is 6.39. The van der Waals surface area contributed by atoms with Crippen LogP contribution < -0.4 is 5.32 Å². The van der Waals surface area contributed by atoms with Crippen molar-refractivity contribution < 1.29 is 13.2 Å². The summed E-state index contributed by atoms with van der Waals surface area (Å²) in [5.74, 6) is 0.112. The third kappa shape index (κ3) is 4.53. The van der Waals surface area contributed by atoms with E-state index in [2.05, 4.69) is 15.3 Å². The van der Waals surface area contributed by atoms with Crippen LogP contribution in [0.1, 0.15) is 24.0 Å². The van der Waals surface area contributed by atoms with Gasteiger partial charge in [-0.1, -0.05) is 47.7 Å². The average Bonchev–Trinajstić information content (AvgIpc) is 3.57. The predicted molar refractivity (Wildman–Crippen MR) is 134 cm³/mol. The van der Waals surface area contributed by atoms with Gasteiger partial charge in [-0.25, -0.2) is 18.4 Å². The van der Waals surface area contributed by atoms with E-state index in [4.69, 9.17) is 0 Å². The molecule has 0 radical (unpaired) electrons. The number of benzene rings is 2. The summed E-state index contributed by atoms with van der Waals surface area (Å²) in [4.78, 5) is 22.9. The highest BCUT2D eigenvalue weighted by Crippen LogP contribution is 2.38. The molecule has 34 heavy (non-hydrogen) atoms. The van der Waals surface area contributed by atoms with Crippen molar-refractivity contribution in [3.63, 3.8) is 0 Å². The Labute approximate surface area is 202 Å². The molecule has 1 aliphatic carbocycles. The maximum absolute atomic E-state index is 12.8. The number of nitrogens with zero attached hydrogens (tertiary/aromatic N) is 3. The first-order valence-corrected chi connectivity index (χ1v) is 13.6. The fourth-order valence-corrected chi connectivity index (χ4v) is 6.50. The number of sulfone groups is 1. The second kappa shape index (κ2) is 9.15. The van der Waals surface area contributed by atoms with Crippen LogP contribution in [0.15, 0.2) is 65.8 Å². The molecule has 1 N–H and O–H groups in total. The molecule has 7 nitrogen and oxygen atoms in total. The van der Waals surface area contributed by atoms with Crippen molar-refractivity contribution in [3.05, 3.63) is 72.1 Å². The average molecular weight is 493 g/mol. The van der Waals surface area contributed by atoms with Crippen LogP contribution in [0, 0.1) is 0 Å². The minimum absolute atomic E-state index is 0.141. The van der Waals surface area contributed by atoms with Gasteiger partial charge in [0.25, 0.3) is 0 Å². The number of carbonyl (C=O) groups excluding carboxylic acids is 1. The van der Waals surface area contributed by atoms with Crippen molar-refractivity contribution in [2.75, 3.05) is 11.1 Å². The van der Waals surface area contributed by atoms with Crippen LogP contribution in [-0.2, 0) is 34.5 Å². The van der Waals surface area contributed by atoms with Gasteiger partial charge in [0.2, 0.25) is 5.91 Å². The summed E-state index contributed by atoms with van der Waals surface area (Å²) in [6.45, 7) is 0. The van der Waals surface area contributed by atoms with Crippen molar-refractivity contribution in [2.24, 2.45) is 7.05 Å². The molecule has 2 aromatic heterocycles. The highest BCUT2D eigenvalue weighted by molar-refractivity contribution is 7.91. The van der Waals surface area contributed by atoms with Gasteiger partial charge in [-0.05, 0) is 42.5 Å². The van der Waals surface area contributed by atoms with Crippen molar-refractivity contribution in [1.29, 1.82) is 0 Å². The lowest BCUT2D eigenvalue weighted by molar-refractivity contribution is -0.115. The maximum Gasteiger partial charge on any atom is 0.227 e. The monoisotopic (exact) mass is 492 g/mol. The molecule has 0 saturated carbocycles. The molecule has 1 amide bonds. The number of imidazole rings is 1. The van der Waals surface area contributed by atoms with Crippen LogP contribution in [0.25, 0.3) is 22.0 Å². The van der Waals surface area contributed by atoms with Crippen molar-refractivity contribution in [2.45, 2.75) is 30.6 Å². The molecular formula is C25H24N4O3S2. The Hall–Kier alpha value is -3.30. The lowest BCUT2D eigenvalue weighted by atomic mass is 10.1. The number of amides is 1. The largest absolute Gasteiger partial charge is 0.333 e. The lowest BCUT2D eigenvalue weighted by Crippen LogP contribution is -2.17. The van der Waals surface area contributed by atoms with E-state index < -0.39 is 9.84 Å². The van der Waals surface area contributed by atoms with Gasteiger partial charge in [0.05, 0.1) is 21.2 Å². The van der Waals surface area contributed by atoms with E-state index >= 15 is 0 Å². The molecule has 0 spiro atoms. The van der Waals surface area contributed by atoms with Gasteiger partial charge < -0.3 is 9.88 Å². The summed E-state index contributed by atoms with van der Waals surface area (Å²) < 4.78 is 27.5. The number of hydrogen-bond acceptors (Lipinski definition) is 6. The molecule has 0 aliphatic heterocycles. The van der Waals surface area contributed by atoms with Crippen LogP contribution in [0.5, 0.6) is 0 Å². The number of thiazole rings is 1. The van der Waals surface area contributed by atoms with E-state index in [0.29, 0.717) is 10.0 Å². The predicted octanol–water partition coefficient (Wildman–Crippen LogP) is 4.50. The molecule has 1 aliphatic rings. The minimum Gasteiger partial charge on any atom is -0.333 e. The van der Waals surface area contributed by atoms with Gasteiger partial charge in [0.15, 0.2) is 20.8 Å². The molecule has 4 aromatic rings. The Kier molecular flexibility index (Phi) is 6.05. The SMILES string of the molecule is Cn1ccnc1-c1sc(NC(=O)CCS(=O)(=O)c2ccc3c(c2)CCC3)nc1-c1ccccc1. The first kappa shape index (κ1) is 22.5. The Morgan fingerprint density at radius 3 is 2.68 bits per heavy atom. The highest BCUT2D eigenvalue weighted by Gasteiger charge is 2.22. The van der Waals surface area contributed by atoms with Gasteiger partial charge in [-0.2, -0.15) is 0 Å². The number of aromatic nitrogens is 3. The summed E-state index contributed by atoms with van der Waals surface area (Å²) in [6, 6.07) is 15.0. The zero-order chi connectivity index (χ0) is 23.7. The van der Waals surface area contributed by atoms with Crippen molar-refractivity contribution in [1.82, 2.24) is 14.5 Å². The highest BCUT2D eigenvalue weighted by atomic mass is 32.2. The van der Waals surface area contributed by atoms with E-state index in [9.17, 15) is 13.2 Å². The Balaban J connectivity index is 1.33. The molecule has 2 aromatic carbocycles. The van der Waals surface area contributed by atoms with Gasteiger partial charge in [-0.15, -0.1) is 0 Å². The first-order chi connectivity index (χ1) is 16.4. The number of fused-ring (bicyclic) bond motifs is 1. The van der Waals surface area contributed by atoms with Crippen molar-refractivity contribution >= 4 is 32.2 Å². The van der Waals surface area contributed by atoms with Crippen molar-refractivity contribution in [3.8, 4) is 22.0 Å². The molecular weight excluding hydrogens is 468 g/mol. The second-order valence-corrected chi connectivity index (χ2v) is 11.4. The molecule has 5 rings (SSSR count). The Morgan fingerprint density at radius 2 is 1.91 bits per heavy atom. The maximum atomic E-state index is 12.8. The number of aryl methyl sites for hydroxylation is 3. The molecule has 2 heterocycles. The van der Waals surface area contributed by atoms with Gasteiger partial charge in [0, 0.05) is 31.4 Å². The van der Waals surface area contributed by atoms with Gasteiger partial charge in [0.1, 0.15) is 0 Å². The number of anilines is 1. The Bertz CT molecular complexity index is 1460. The number of hydrogen-bond donors (Lipinski definition) is 1. The molecule has 0 bridgehead atoms. The van der Waals surface area contributed by atoms with Crippen LogP contribution in [0.4, 0.5) is 5.13 Å². The van der Waals surface area contributed by atoms with E-state index in [1.54, 1.807) is 18.3 Å². The molecule has 0 fully saturated rings.